The number of unbranched alkanes of at least 4 members (excludes halogenated alkanes) is 7. The topological polar surface area (TPSA) is 35.0 Å². The zero-order chi connectivity index (χ0) is 25.1. The lowest BCUT2D eigenvalue weighted by molar-refractivity contribution is 0.220. The Hall–Kier alpha value is -1.97. The third-order valence-electron chi connectivity index (χ3n) is 6.83. The standard InChI is InChI=1S/C31H49FN2O/c1-4-6-7-8-9-10-11-12-16-27-24-33-31(34-25-27)28-18-20-30(21-19-28)35-23-22-29(32)17-13-15-26(3)14-5-2/h18-21,24-26,29H,4-17,22-23H2,1-3H3. The van der Waals surface area contributed by atoms with Crippen molar-refractivity contribution in [2.45, 2.75) is 123 Å². The van der Waals surface area contributed by atoms with E-state index in [-0.39, 0.29) is 0 Å². The van der Waals surface area contributed by atoms with Crippen LogP contribution in [0.3, 0.4) is 0 Å². The fourth-order valence-electron chi connectivity index (χ4n) is 4.57. The molecule has 0 aliphatic carbocycles. The second-order valence-corrected chi connectivity index (χ2v) is 10.2. The van der Waals surface area contributed by atoms with Crippen LogP contribution >= 0.6 is 0 Å². The van der Waals surface area contributed by atoms with E-state index in [4.69, 9.17) is 4.74 Å². The molecule has 0 saturated heterocycles. The summed E-state index contributed by atoms with van der Waals surface area (Å²) in [6.45, 7) is 7.15. The molecule has 0 saturated carbocycles. The summed E-state index contributed by atoms with van der Waals surface area (Å²) in [4.78, 5) is 9.13. The van der Waals surface area contributed by atoms with Crippen LogP contribution < -0.4 is 4.74 Å². The molecule has 0 amide bonds. The maximum Gasteiger partial charge on any atom is 0.159 e. The number of nitrogens with zero attached hydrogens (tertiary/aromatic N) is 2. The van der Waals surface area contributed by atoms with Gasteiger partial charge < -0.3 is 4.74 Å². The zero-order valence-electron chi connectivity index (χ0n) is 22.6. The Kier molecular flexibility index (Phi) is 15.3. The number of ether oxygens (including phenoxy) is 1. The van der Waals surface area contributed by atoms with Crippen LogP contribution in [0, 0.1) is 5.92 Å². The van der Waals surface area contributed by atoms with E-state index in [0.29, 0.717) is 25.4 Å². The summed E-state index contributed by atoms with van der Waals surface area (Å²) in [6.07, 6.45) is 20.5. The molecule has 0 spiro atoms. The number of aromatic nitrogens is 2. The first-order chi connectivity index (χ1) is 17.1. The average Bonchev–Trinajstić information content (AvgIpc) is 2.87. The molecule has 1 aromatic heterocycles. The molecule has 0 fully saturated rings. The van der Waals surface area contributed by atoms with Gasteiger partial charge in [-0.1, -0.05) is 91.4 Å². The van der Waals surface area contributed by atoms with Crippen molar-refractivity contribution in [3.63, 3.8) is 0 Å². The van der Waals surface area contributed by atoms with E-state index in [1.54, 1.807) is 0 Å². The van der Waals surface area contributed by atoms with Gasteiger partial charge in [0.2, 0.25) is 0 Å². The molecule has 2 atom stereocenters. The summed E-state index contributed by atoms with van der Waals surface area (Å²) >= 11 is 0. The van der Waals surface area contributed by atoms with Gasteiger partial charge in [0.1, 0.15) is 11.9 Å². The fourth-order valence-corrected chi connectivity index (χ4v) is 4.57. The van der Waals surface area contributed by atoms with Gasteiger partial charge in [-0.05, 0) is 55.0 Å². The summed E-state index contributed by atoms with van der Waals surface area (Å²) in [5.74, 6) is 2.21. The highest BCUT2D eigenvalue weighted by atomic mass is 19.1. The minimum Gasteiger partial charge on any atom is -0.493 e. The van der Waals surface area contributed by atoms with E-state index in [2.05, 4.69) is 30.7 Å². The summed E-state index contributed by atoms with van der Waals surface area (Å²) in [7, 11) is 0. The minimum absolute atomic E-state index is 0.412. The molecule has 0 radical (unpaired) electrons. The number of alkyl halides is 1. The Balaban J connectivity index is 1.63. The summed E-state index contributed by atoms with van der Waals surface area (Å²) < 4.78 is 19.9. The Morgan fingerprint density at radius 2 is 1.40 bits per heavy atom. The largest absolute Gasteiger partial charge is 0.493 e. The highest BCUT2D eigenvalue weighted by Crippen LogP contribution is 2.21. The molecule has 0 N–H and O–H groups in total. The van der Waals surface area contributed by atoms with Crippen molar-refractivity contribution in [3.8, 4) is 17.1 Å². The molecular weight excluding hydrogens is 435 g/mol. The molecule has 4 heteroatoms. The maximum absolute atomic E-state index is 14.1. The Morgan fingerprint density at radius 3 is 2.06 bits per heavy atom. The number of benzene rings is 1. The summed E-state index contributed by atoms with van der Waals surface area (Å²) in [6, 6.07) is 7.80. The van der Waals surface area contributed by atoms with Crippen molar-refractivity contribution < 1.29 is 9.13 Å². The van der Waals surface area contributed by atoms with Crippen molar-refractivity contribution in [3.05, 3.63) is 42.2 Å². The van der Waals surface area contributed by atoms with Crippen LogP contribution in [0.4, 0.5) is 4.39 Å². The van der Waals surface area contributed by atoms with E-state index < -0.39 is 6.17 Å². The smallest absolute Gasteiger partial charge is 0.159 e. The van der Waals surface area contributed by atoms with Crippen molar-refractivity contribution in [1.82, 2.24) is 9.97 Å². The fraction of sp³-hybridized carbons (Fsp3) is 0.677. The Morgan fingerprint density at radius 1 is 0.743 bits per heavy atom. The third kappa shape index (κ3) is 13.1. The van der Waals surface area contributed by atoms with Gasteiger partial charge in [0.25, 0.3) is 0 Å². The first kappa shape index (κ1) is 29.3. The number of hydrogen-bond donors (Lipinski definition) is 0. The molecule has 35 heavy (non-hydrogen) atoms. The number of rotatable bonds is 20. The van der Waals surface area contributed by atoms with Crippen LogP contribution in [0.15, 0.2) is 36.7 Å². The van der Waals surface area contributed by atoms with Crippen LogP contribution in [0.1, 0.15) is 116 Å². The van der Waals surface area contributed by atoms with Gasteiger partial charge in [0, 0.05) is 24.4 Å². The second-order valence-electron chi connectivity index (χ2n) is 10.2. The lowest BCUT2D eigenvalue weighted by Crippen LogP contribution is -2.08. The van der Waals surface area contributed by atoms with E-state index >= 15 is 0 Å². The molecule has 196 valence electrons. The van der Waals surface area contributed by atoms with Gasteiger partial charge in [-0.15, -0.1) is 0 Å². The minimum atomic E-state index is -0.777. The first-order valence-electron chi connectivity index (χ1n) is 14.3. The van der Waals surface area contributed by atoms with Gasteiger partial charge in [-0.25, -0.2) is 14.4 Å². The predicted molar refractivity (Wildman–Crippen MR) is 147 cm³/mol. The van der Waals surface area contributed by atoms with Gasteiger partial charge in [0.05, 0.1) is 6.61 Å². The Labute approximate surface area is 214 Å². The lowest BCUT2D eigenvalue weighted by atomic mass is 9.98. The van der Waals surface area contributed by atoms with Gasteiger partial charge in [-0.3, -0.25) is 0 Å². The molecule has 2 unspecified atom stereocenters. The molecule has 2 aromatic rings. The maximum atomic E-state index is 14.1. The van der Waals surface area contributed by atoms with E-state index in [1.807, 2.05) is 36.7 Å². The molecule has 0 aliphatic rings. The van der Waals surface area contributed by atoms with Crippen molar-refractivity contribution in [2.75, 3.05) is 6.61 Å². The monoisotopic (exact) mass is 484 g/mol. The normalized spacial score (nSPS) is 13.0. The van der Waals surface area contributed by atoms with Gasteiger partial charge >= 0.3 is 0 Å². The Bertz CT molecular complexity index is 763. The molecule has 0 aliphatic heterocycles. The summed E-state index contributed by atoms with van der Waals surface area (Å²) in [5, 5.41) is 0. The van der Waals surface area contributed by atoms with Crippen LogP contribution in [0.5, 0.6) is 5.75 Å². The summed E-state index contributed by atoms with van der Waals surface area (Å²) in [5.41, 5.74) is 2.18. The highest BCUT2D eigenvalue weighted by Gasteiger charge is 2.09. The predicted octanol–water partition coefficient (Wildman–Crippen LogP) is 9.54. The first-order valence-corrected chi connectivity index (χ1v) is 14.3. The van der Waals surface area contributed by atoms with E-state index in [0.717, 1.165) is 36.4 Å². The average molecular weight is 485 g/mol. The molecule has 0 bridgehead atoms. The van der Waals surface area contributed by atoms with Crippen LogP contribution in [0.2, 0.25) is 0 Å². The molecule has 2 rings (SSSR count). The quantitative estimate of drug-likeness (QED) is 0.175. The zero-order valence-corrected chi connectivity index (χ0v) is 22.6. The number of hydrogen-bond acceptors (Lipinski definition) is 3. The van der Waals surface area contributed by atoms with Crippen molar-refractivity contribution in [2.24, 2.45) is 5.92 Å². The van der Waals surface area contributed by atoms with Crippen molar-refractivity contribution >= 4 is 0 Å². The third-order valence-corrected chi connectivity index (χ3v) is 6.83. The second kappa shape index (κ2) is 18.3. The SMILES string of the molecule is CCCCCCCCCCc1cnc(-c2ccc(OCCC(F)CCCC(C)CCC)cc2)nc1. The number of halogens is 1. The lowest BCUT2D eigenvalue weighted by Gasteiger charge is -2.12. The van der Waals surface area contributed by atoms with Crippen molar-refractivity contribution in [1.29, 1.82) is 0 Å². The molecular formula is C31H49FN2O. The highest BCUT2D eigenvalue weighted by molar-refractivity contribution is 5.55. The van der Waals surface area contributed by atoms with E-state index in [1.165, 1.54) is 69.8 Å². The van der Waals surface area contributed by atoms with Gasteiger partial charge in [0.15, 0.2) is 5.82 Å². The number of aryl methyl sites for hydroxylation is 1. The van der Waals surface area contributed by atoms with Crippen LogP contribution in [-0.2, 0) is 6.42 Å². The molecule has 3 nitrogen and oxygen atoms in total. The van der Waals surface area contributed by atoms with Crippen LogP contribution in [-0.4, -0.2) is 22.7 Å². The van der Waals surface area contributed by atoms with Gasteiger partial charge in [-0.2, -0.15) is 0 Å². The van der Waals surface area contributed by atoms with E-state index in [9.17, 15) is 4.39 Å². The molecule has 1 heterocycles. The molecule has 1 aromatic carbocycles. The van der Waals surface area contributed by atoms with Crippen LogP contribution in [0.25, 0.3) is 11.4 Å².